The van der Waals surface area contributed by atoms with Crippen molar-refractivity contribution in [1.82, 2.24) is 5.32 Å². The third-order valence-corrected chi connectivity index (χ3v) is 4.18. The van der Waals surface area contributed by atoms with E-state index in [1.807, 2.05) is 30.3 Å². The summed E-state index contributed by atoms with van der Waals surface area (Å²) < 4.78 is 0. The Morgan fingerprint density at radius 1 is 1.19 bits per heavy atom. The van der Waals surface area contributed by atoms with Gasteiger partial charge in [-0.25, -0.2) is 0 Å². The molecule has 1 amide bonds. The molecule has 3 nitrogen and oxygen atoms in total. The van der Waals surface area contributed by atoms with Gasteiger partial charge >= 0.3 is 0 Å². The predicted octanol–water partition coefficient (Wildman–Crippen LogP) is 3.44. The highest BCUT2D eigenvalue weighted by Crippen LogP contribution is 2.19. The molecule has 0 aliphatic heterocycles. The number of phenolic OH excluding ortho intramolecular Hbond substituents is 1. The first kappa shape index (κ1) is 15.6. The van der Waals surface area contributed by atoms with Crippen molar-refractivity contribution in [2.75, 3.05) is 5.33 Å². The highest BCUT2D eigenvalue weighted by molar-refractivity contribution is 9.09. The maximum absolute atomic E-state index is 12.3. The number of phenols is 1. The minimum absolute atomic E-state index is 0.00153. The van der Waals surface area contributed by atoms with Gasteiger partial charge in [-0.2, -0.15) is 0 Å². The number of amides is 1. The summed E-state index contributed by atoms with van der Waals surface area (Å²) in [6.07, 6.45) is 0.760. The van der Waals surface area contributed by atoms with Crippen molar-refractivity contribution in [3.63, 3.8) is 0 Å². The fourth-order valence-corrected chi connectivity index (χ4v) is 2.57. The van der Waals surface area contributed by atoms with Gasteiger partial charge in [0.25, 0.3) is 5.91 Å². The highest BCUT2D eigenvalue weighted by atomic mass is 79.9. The van der Waals surface area contributed by atoms with Crippen LogP contribution < -0.4 is 5.32 Å². The number of hydrogen-bond donors (Lipinski definition) is 2. The Morgan fingerprint density at radius 3 is 2.57 bits per heavy atom. The van der Waals surface area contributed by atoms with Crippen LogP contribution in [0.25, 0.3) is 0 Å². The summed E-state index contributed by atoms with van der Waals surface area (Å²) >= 11 is 3.44. The third-order valence-electron chi connectivity index (χ3n) is 3.40. The van der Waals surface area contributed by atoms with Crippen LogP contribution >= 0.6 is 15.9 Å². The molecule has 0 radical (unpaired) electrons. The van der Waals surface area contributed by atoms with E-state index >= 15 is 0 Å². The van der Waals surface area contributed by atoms with Crippen LogP contribution in [0.3, 0.4) is 0 Å². The van der Waals surface area contributed by atoms with Crippen molar-refractivity contribution < 1.29 is 9.90 Å². The molecule has 4 heteroatoms. The number of rotatable bonds is 5. The first-order valence-electron chi connectivity index (χ1n) is 6.81. The molecule has 1 unspecified atom stereocenters. The second kappa shape index (κ2) is 7.27. The lowest BCUT2D eigenvalue weighted by atomic mass is 10.0. The minimum atomic E-state index is -0.163. The van der Waals surface area contributed by atoms with E-state index in [9.17, 15) is 9.90 Å². The molecule has 0 aromatic heterocycles. The van der Waals surface area contributed by atoms with E-state index in [0.717, 1.165) is 6.42 Å². The smallest absolute Gasteiger partial charge is 0.251 e. The fraction of sp³-hybridized carbons (Fsp3) is 0.235. The first-order chi connectivity index (χ1) is 10.1. The molecule has 0 heterocycles. The lowest BCUT2D eigenvalue weighted by molar-refractivity contribution is 0.0940. The summed E-state index contributed by atoms with van der Waals surface area (Å²) in [6.45, 7) is 1.74. The summed E-state index contributed by atoms with van der Waals surface area (Å²) in [5, 5.41) is 13.4. The Bertz CT molecular complexity index is 613. The van der Waals surface area contributed by atoms with Gasteiger partial charge in [0, 0.05) is 22.5 Å². The number of hydrogen-bond acceptors (Lipinski definition) is 2. The Balaban J connectivity index is 2.08. The van der Waals surface area contributed by atoms with Gasteiger partial charge in [-0.05, 0) is 31.0 Å². The van der Waals surface area contributed by atoms with Crippen molar-refractivity contribution in [2.45, 2.75) is 19.4 Å². The molecule has 0 saturated carbocycles. The molecular formula is C17H18BrNO2. The van der Waals surface area contributed by atoms with Crippen LogP contribution in [0.1, 0.15) is 21.5 Å². The van der Waals surface area contributed by atoms with Crippen LogP contribution in [0.2, 0.25) is 0 Å². The zero-order valence-corrected chi connectivity index (χ0v) is 13.4. The molecule has 0 saturated heterocycles. The summed E-state index contributed by atoms with van der Waals surface area (Å²) in [5.74, 6) is -0.0233. The molecule has 2 aromatic rings. The molecule has 1 atom stereocenters. The van der Waals surface area contributed by atoms with Gasteiger partial charge in [-0.3, -0.25) is 4.79 Å². The molecule has 2 rings (SSSR count). The lowest BCUT2D eigenvalue weighted by Crippen LogP contribution is -2.38. The number of benzene rings is 2. The average Bonchev–Trinajstić information content (AvgIpc) is 2.50. The summed E-state index contributed by atoms with van der Waals surface area (Å²) in [5.41, 5.74) is 2.28. The number of halogens is 1. The van der Waals surface area contributed by atoms with E-state index in [4.69, 9.17) is 0 Å². The van der Waals surface area contributed by atoms with Crippen molar-refractivity contribution in [3.05, 3.63) is 65.2 Å². The Labute approximate surface area is 133 Å². The van der Waals surface area contributed by atoms with Crippen LogP contribution in [0, 0.1) is 6.92 Å². The van der Waals surface area contributed by atoms with Gasteiger partial charge in [0.2, 0.25) is 0 Å². The largest absolute Gasteiger partial charge is 0.508 e. The molecule has 110 valence electrons. The van der Waals surface area contributed by atoms with Crippen LogP contribution in [0.15, 0.2) is 48.5 Å². The number of carbonyl (C=O) groups is 1. The molecule has 0 aliphatic carbocycles. The zero-order chi connectivity index (χ0) is 15.2. The maximum Gasteiger partial charge on any atom is 0.251 e. The van der Waals surface area contributed by atoms with Crippen molar-refractivity contribution >= 4 is 21.8 Å². The van der Waals surface area contributed by atoms with E-state index in [1.165, 1.54) is 5.56 Å². The molecule has 0 bridgehead atoms. The Morgan fingerprint density at radius 2 is 1.90 bits per heavy atom. The van der Waals surface area contributed by atoms with E-state index in [0.29, 0.717) is 16.5 Å². The summed E-state index contributed by atoms with van der Waals surface area (Å²) in [4.78, 5) is 12.3. The monoisotopic (exact) mass is 347 g/mol. The molecule has 0 fully saturated rings. The fourth-order valence-electron chi connectivity index (χ4n) is 2.18. The van der Waals surface area contributed by atoms with Crippen molar-refractivity contribution in [3.8, 4) is 5.75 Å². The van der Waals surface area contributed by atoms with Crippen LogP contribution in [0.4, 0.5) is 0 Å². The Kier molecular flexibility index (Phi) is 5.39. The van der Waals surface area contributed by atoms with Gasteiger partial charge in [-0.15, -0.1) is 0 Å². The number of carbonyl (C=O) groups excluding carboxylic acids is 1. The number of nitrogens with one attached hydrogen (secondary N) is 1. The van der Waals surface area contributed by atoms with E-state index in [-0.39, 0.29) is 17.7 Å². The van der Waals surface area contributed by atoms with E-state index in [2.05, 4.69) is 21.2 Å². The minimum Gasteiger partial charge on any atom is -0.508 e. The van der Waals surface area contributed by atoms with Gasteiger partial charge in [0.05, 0.1) is 0 Å². The molecule has 2 aromatic carbocycles. The van der Waals surface area contributed by atoms with E-state index in [1.54, 1.807) is 25.1 Å². The molecule has 2 N–H and O–H groups in total. The lowest BCUT2D eigenvalue weighted by Gasteiger charge is -2.17. The maximum atomic E-state index is 12.3. The number of aromatic hydroxyl groups is 1. The SMILES string of the molecule is Cc1c(O)cccc1C(=O)NC(CBr)Cc1ccccc1. The molecule has 21 heavy (non-hydrogen) atoms. The summed E-state index contributed by atoms with van der Waals surface area (Å²) in [6, 6.07) is 15.0. The topological polar surface area (TPSA) is 49.3 Å². The second-order valence-corrected chi connectivity index (χ2v) is 5.61. The van der Waals surface area contributed by atoms with Gasteiger partial charge in [0.1, 0.15) is 5.75 Å². The highest BCUT2D eigenvalue weighted by Gasteiger charge is 2.16. The van der Waals surface area contributed by atoms with Gasteiger partial charge in [-0.1, -0.05) is 52.3 Å². The Hall–Kier alpha value is -1.81. The van der Waals surface area contributed by atoms with Gasteiger partial charge < -0.3 is 10.4 Å². The molecule has 0 aliphatic rings. The van der Waals surface area contributed by atoms with Crippen molar-refractivity contribution in [2.24, 2.45) is 0 Å². The standard InChI is InChI=1S/C17H18BrNO2/c1-12-15(8-5-9-16(12)20)17(21)19-14(11-18)10-13-6-3-2-4-7-13/h2-9,14,20H,10-11H2,1H3,(H,19,21). The molecular weight excluding hydrogens is 330 g/mol. The van der Waals surface area contributed by atoms with Crippen LogP contribution in [-0.4, -0.2) is 22.4 Å². The van der Waals surface area contributed by atoms with Crippen molar-refractivity contribution in [1.29, 1.82) is 0 Å². The van der Waals surface area contributed by atoms with Gasteiger partial charge in [0.15, 0.2) is 0 Å². The average molecular weight is 348 g/mol. The summed E-state index contributed by atoms with van der Waals surface area (Å²) in [7, 11) is 0. The van der Waals surface area contributed by atoms with Crippen LogP contribution in [-0.2, 0) is 6.42 Å². The number of alkyl halides is 1. The molecule has 0 spiro atoms. The third kappa shape index (κ3) is 4.08. The van der Waals surface area contributed by atoms with E-state index < -0.39 is 0 Å². The zero-order valence-electron chi connectivity index (χ0n) is 11.8. The quantitative estimate of drug-likeness (QED) is 0.814. The first-order valence-corrected chi connectivity index (χ1v) is 7.93. The van der Waals surface area contributed by atoms with Crippen LogP contribution in [0.5, 0.6) is 5.75 Å². The normalized spacial score (nSPS) is 11.9. The second-order valence-electron chi connectivity index (χ2n) is 4.96. The predicted molar refractivity (Wildman–Crippen MR) is 88.0 cm³/mol.